The summed E-state index contributed by atoms with van der Waals surface area (Å²) in [4.78, 5) is 0. The van der Waals surface area contributed by atoms with Gasteiger partial charge in [0.1, 0.15) is 0 Å². The van der Waals surface area contributed by atoms with Crippen LogP contribution in [0.1, 0.15) is 19.4 Å². The Morgan fingerprint density at radius 3 is 2.58 bits per heavy atom. The summed E-state index contributed by atoms with van der Waals surface area (Å²) in [6.07, 6.45) is 5.42. The van der Waals surface area contributed by atoms with E-state index < -0.39 is 0 Å². The fraction of sp³-hybridized carbons (Fsp3) is 0.273. The van der Waals surface area contributed by atoms with E-state index in [0.29, 0.717) is 0 Å². The number of halogens is 1. The first kappa shape index (κ1) is 9.35. The molecule has 0 aliphatic carbocycles. The molecule has 0 aliphatic rings. The molecule has 0 heterocycles. The largest absolute Gasteiger partial charge is 0.119 e. The van der Waals surface area contributed by atoms with Crippen LogP contribution in [0.5, 0.6) is 0 Å². The summed E-state index contributed by atoms with van der Waals surface area (Å²) in [6.45, 7) is 4.07. The summed E-state index contributed by atoms with van der Waals surface area (Å²) in [6, 6.07) is 8.10. The Balaban J connectivity index is 3.14. The van der Waals surface area contributed by atoms with Gasteiger partial charge in [0, 0.05) is 4.47 Å². The first-order valence-electron chi connectivity index (χ1n) is 3.80. The van der Waals surface area contributed by atoms with Gasteiger partial charge >= 0.3 is 0 Å². The van der Waals surface area contributed by atoms with Crippen molar-refractivity contribution in [2.24, 2.45) is 0 Å². The van der Waals surface area contributed by atoms with Gasteiger partial charge in [-0.1, -0.05) is 34.0 Å². The molecule has 0 aromatic heterocycles. The molecule has 1 heteroatoms. The molecule has 0 bridgehead atoms. The summed E-state index contributed by atoms with van der Waals surface area (Å²) in [7, 11) is 0. The van der Waals surface area contributed by atoms with Gasteiger partial charge in [-0.05, 0) is 31.5 Å². The summed E-state index contributed by atoms with van der Waals surface area (Å²) >= 11 is 3.42. The molecule has 12 heavy (non-hydrogen) atoms. The van der Waals surface area contributed by atoms with Gasteiger partial charge in [0.15, 0.2) is 0 Å². The van der Waals surface area contributed by atoms with E-state index >= 15 is 0 Å². The van der Waals surface area contributed by atoms with Gasteiger partial charge in [-0.3, -0.25) is 0 Å². The van der Waals surface area contributed by atoms with Crippen LogP contribution in [0.25, 0.3) is 0 Å². The summed E-state index contributed by atoms with van der Waals surface area (Å²) in [5, 5.41) is 0. The van der Waals surface area contributed by atoms with E-state index in [2.05, 4.69) is 27.9 Å². The minimum Gasteiger partial charge on any atom is -0.119 e. The van der Waals surface area contributed by atoms with Crippen molar-refractivity contribution in [3.05, 3.63) is 34.3 Å². The minimum atomic E-state index is -0.177. The molecule has 1 aromatic rings. The van der Waals surface area contributed by atoms with E-state index in [-0.39, 0.29) is 5.41 Å². The molecule has 62 valence electrons. The number of hydrogen-bond donors (Lipinski definition) is 0. The fourth-order valence-electron chi connectivity index (χ4n) is 0.961. The molecule has 1 aromatic carbocycles. The molecule has 0 spiro atoms. The molecule has 0 aliphatic heterocycles. The Kier molecular flexibility index (Phi) is 2.59. The zero-order valence-corrected chi connectivity index (χ0v) is 8.85. The SMILES string of the molecule is C#CC(C)(C)c1cccc(Br)c1. The van der Waals surface area contributed by atoms with Gasteiger partial charge in [0.05, 0.1) is 5.41 Å². The molecule has 0 atom stereocenters. The Bertz CT molecular complexity index is 318. The van der Waals surface area contributed by atoms with Gasteiger partial charge in [-0.15, -0.1) is 6.42 Å². The zero-order valence-electron chi connectivity index (χ0n) is 7.26. The predicted molar refractivity (Wildman–Crippen MR) is 56.0 cm³/mol. The Morgan fingerprint density at radius 1 is 1.42 bits per heavy atom. The number of hydrogen-bond acceptors (Lipinski definition) is 0. The van der Waals surface area contributed by atoms with Crippen molar-refractivity contribution >= 4 is 15.9 Å². The van der Waals surface area contributed by atoms with E-state index in [4.69, 9.17) is 6.42 Å². The number of rotatable bonds is 1. The topological polar surface area (TPSA) is 0 Å². The second kappa shape index (κ2) is 3.33. The van der Waals surface area contributed by atoms with Crippen molar-refractivity contribution in [3.63, 3.8) is 0 Å². The monoisotopic (exact) mass is 222 g/mol. The van der Waals surface area contributed by atoms with Crippen molar-refractivity contribution < 1.29 is 0 Å². The average molecular weight is 223 g/mol. The Labute approximate surface area is 82.1 Å². The van der Waals surface area contributed by atoms with Crippen molar-refractivity contribution in [2.45, 2.75) is 19.3 Å². The minimum absolute atomic E-state index is 0.177. The second-order valence-corrected chi connectivity index (χ2v) is 4.20. The first-order chi connectivity index (χ1) is 5.56. The molecule has 1 rings (SSSR count). The highest BCUT2D eigenvalue weighted by atomic mass is 79.9. The van der Waals surface area contributed by atoms with E-state index in [1.165, 1.54) is 5.56 Å². The second-order valence-electron chi connectivity index (χ2n) is 3.28. The maximum Gasteiger partial charge on any atom is 0.0504 e. The van der Waals surface area contributed by atoms with Crippen LogP contribution in [0.3, 0.4) is 0 Å². The lowest BCUT2D eigenvalue weighted by Gasteiger charge is -2.17. The highest BCUT2D eigenvalue weighted by Crippen LogP contribution is 2.24. The van der Waals surface area contributed by atoms with E-state index in [1.54, 1.807) is 0 Å². The van der Waals surface area contributed by atoms with E-state index in [9.17, 15) is 0 Å². The molecule has 0 saturated heterocycles. The van der Waals surface area contributed by atoms with Crippen LogP contribution in [0, 0.1) is 12.3 Å². The van der Waals surface area contributed by atoms with Crippen molar-refractivity contribution in [1.29, 1.82) is 0 Å². The third kappa shape index (κ3) is 1.89. The fourth-order valence-corrected chi connectivity index (χ4v) is 1.36. The third-order valence-electron chi connectivity index (χ3n) is 1.91. The molecule has 0 amide bonds. The molecule has 0 unspecified atom stereocenters. The molecule has 0 fully saturated rings. The lowest BCUT2D eigenvalue weighted by atomic mass is 9.86. The zero-order chi connectivity index (χ0) is 9.19. The van der Waals surface area contributed by atoms with Crippen molar-refractivity contribution in [2.75, 3.05) is 0 Å². The predicted octanol–water partition coefficient (Wildman–Crippen LogP) is 3.36. The van der Waals surface area contributed by atoms with Gasteiger partial charge in [-0.2, -0.15) is 0 Å². The van der Waals surface area contributed by atoms with Crippen molar-refractivity contribution in [3.8, 4) is 12.3 Å². The highest BCUT2D eigenvalue weighted by Gasteiger charge is 2.16. The van der Waals surface area contributed by atoms with Crippen LogP contribution >= 0.6 is 15.9 Å². The molecule has 0 N–H and O–H groups in total. The third-order valence-corrected chi connectivity index (χ3v) is 2.40. The molecule has 0 nitrogen and oxygen atoms in total. The Morgan fingerprint density at radius 2 is 2.08 bits per heavy atom. The van der Waals surface area contributed by atoms with Gasteiger partial charge in [-0.25, -0.2) is 0 Å². The first-order valence-corrected chi connectivity index (χ1v) is 4.59. The van der Waals surface area contributed by atoms with Crippen LogP contribution < -0.4 is 0 Å². The maximum atomic E-state index is 5.42. The lowest BCUT2D eigenvalue weighted by Crippen LogP contribution is -2.13. The maximum absolute atomic E-state index is 5.42. The van der Waals surface area contributed by atoms with E-state index in [0.717, 1.165) is 4.47 Å². The van der Waals surface area contributed by atoms with Crippen LogP contribution in [-0.2, 0) is 5.41 Å². The van der Waals surface area contributed by atoms with Gasteiger partial charge in [0.25, 0.3) is 0 Å². The average Bonchev–Trinajstić information content (AvgIpc) is 2.05. The summed E-state index contributed by atoms with van der Waals surface area (Å²) < 4.78 is 1.07. The number of benzene rings is 1. The summed E-state index contributed by atoms with van der Waals surface area (Å²) in [5.41, 5.74) is 0.989. The smallest absolute Gasteiger partial charge is 0.0504 e. The quantitative estimate of drug-likeness (QED) is 0.640. The standard InChI is InChI=1S/C11H11Br/c1-4-11(2,3)9-6-5-7-10(12)8-9/h1,5-8H,2-3H3. The Hall–Kier alpha value is -0.740. The molecular formula is C11H11Br. The van der Waals surface area contributed by atoms with Crippen LogP contribution in [0.2, 0.25) is 0 Å². The number of terminal acetylenes is 1. The molecule has 0 radical (unpaired) electrons. The van der Waals surface area contributed by atoms with Crippen LogP contribution in [-0.4, -0.2) is 0 Å². The molecular weight excluding hydrogens is 212 g/mol. The highest BCUT2D eigenvalue weighted by molar-refractivity contribution is 9.10. The van der Waals surface area contributed by atoms with Gasteiger partial charge < -0.3 is 0 Å². The van der Waals surface area contributed by atoms with E-state index in [1.807, 2.05) is 32.0 Å². The molecule has 0 saturated carbocycles. The summed E-state index contributed by atoms with van der Waals surface area (Å²) in [5.74, 6) is 2.76. The lowest BCUT2D eigenvalue weighted by molar-refractivity contribution is 0.699. The van der Waals surface area contributed by atoms with Gasteiger partial charge in [0.2, 0.25) is 0 Å². The normalized spacial score (nSPS) is 10.8. The van der Waals surface area contributed by atoms with Crippen LogP contribution in [0.4, 0.5) is 0 Å². The van der Waals surface area contributed by atoms with Crippen molar-refractivity contribution in [1.82, 2.24) is 0 Å². The van der Waals surface area contributed by atoms with Crippen LogP contribution in [0.15, 0.2) is 28.7 Å².